The molecule has 1 fully saturated rings. The van der Waals surface area contributed by atoms with Crippen molar-refractivity contribution in [2.24, 2.45) is 10.9 Å². The number of nitrogens with one attached hydrogen (secondary N) is 1. The normalized spacial score (nSPS) is 14.3. The molecular weight excluding hydrogens is 330 g/mol. The fourth-order valence-corrected chi connectivity index (χ4v) is 2.51. The van der Waals surface area contributed by atoms with Crippen molar-refractivity contribution in [3.63, 3.8) is 0 Å². The molecule has 2 rings (SSSR count). The quantitative estimate of drug-likeness (QED) is 0.351. The molecule has 0 unspecified atom stereocenters. The standard InChI is InChI=1S/C20H33N3O3/c1-21-20(23(2)12-14-26-16-17-5-6-17)22-11-4-13-25-15-18-7-9-19(24-3)10-8-18/h7-10,17H,4-6,11-16H2,1-3H3,(H,21,22). The Morgan fingerprint density at radius 3 is 2.62 bits per heavy atom. The number of hydrogen-bond acceptors (Lipinski definition) is 4. The minimum Gasteiger partial charge on any atom is -0.497 e. The Bertz CT molecular complexity index is 530. The van der Waals surface area contributed by atoms with E-state index in [1.807, 2.05) is 38.4 Å². The molecule has 0 atom stereocenters. The predicted molar refractivity (Wildman–Crippen MR) is 105 cm³/mol. The first-order valence-corrected chi connectivity index (χ1v) is 9.43. The molecule has 1 aliphatic rings. The van der Waals surface area contributed by atoms with Crippen molar-refractivity contribution in [2.75, 3.05) is 54.1 Å². The lowest BCUT2D eigenvalue weighted by atomic mass is 10.2. The molecule has 1 aliphatic carbocycles. The summed E-state index contributed by atoms with van der Waals surface area (Å²) in [4.78, 5) is 6.42. The number of ether oxygens (including phenoxy) is 3. The summed E-state index contributed by atoms with van der Waals surface area (Å²) >= 11 is 0. The second-order valence-electron chi connectivity index (χ2n) is 6.67. The molecule has 6 nitrogen and oxygen atoms in total. The van der Waals surface area contributed by atoms with Gasteiger partial charge in [-0.2, -0.15) is 0 Å². The topological polar surface area (TPSA) is 55.3 Å². The van der Waals surface area contributed by atoms with Crippen molar-refractivity contribution in [3.8, 4) is 5.75 Å². The predicted octanol–water partition coefficient (Wildman–Crippen LogP) is 2.54. The van der Waals surface area contributed by atoms with Crippen LogP contribution < -0.4 is 10.1 Å². The molecule has 0 aromatic heterocycles. The average Bonchev–Trinajstić information content (AvgIpc) is 3.49. The van der Waals surface area contributed by atoms with Gasteiger partial charge in [-0.05, 0) is 42.9 Å². The zero-order valence-electron chi connectivity index (χ0n) is 16.4. The van der Waals surface area contributed by atoms with Gasteiger partial charge in [-0.25, -0.2) is 0 Å². The van der Waals surface area contributed by atoms with E-state index < -0.39 is 0 Å². The number of hydrogen-bond donors (Lipinski definition) is 1. The third-order valence-electron chi connectivity index (χ3n) is 4.37. The van der Waals surface area contributed by atoms with Gasteiger partial charge in [-0.3, -0.25) is 4.99 Å². The largest absolute Gasteiger partial charge is 0.497 e. The van der Waals surface area contributed by atoms with Crippen LogP contribution in [0.1, 0.15) is 24.8 Å². The zero-order chi connectivity index (χ0) is 18.6. The van der Waals surface area contributed by atoms with Gasteiger partial charge in [0.25, 0.3) is 0 Å². The number of rotatable bonds is 12. The molecule has 0 spiro atoms. The Balaban J connectivity index is 1.50. The maximum atomic E-state index is 5.72. The molecule has 1 aromatic carbocycles. The molecule has 146 valence electrons. The van der Waals surface area contributed by atoms with Gasteiger partial charge in [-0.1, -0.05) is 12.1 Å². The summed E-state index contributed by atoms with van der Waals surface area (Å²) in [5, 5.41) is 3.37. The Morgan fingerprint density at radius 2 is 1.96 bits per heavy atom. The van der Waals surface area contributed by atoms with Crippen LogP contribution in [0.5, 0.6) is 5.75 Å². The van der Waals surface area contributed by atoms with E-state index in [4.69, 9.17) is 14.2 Å². The number of methoxy groups -OCH3 is 1. The van der Waals surface area contributed by atoms with E-state index >= 15 is 0 Å². The molecule has 0 heterocycles. The summed E-state index contributed by atoms with van der Waals surface area (Å²) in [7, 11) is 5.52. The van der Waals surface area contributed by atoms with Crippen molar-refractivity contribution in [1.29, 1.82) is 0 Å². The van der Waals surface area contributed by atoms with E-state index in [0.717, 1.165) is 55.9 Å². The van der Waals surface area contributed by atoms with Gasteiger partial charge < -0.3 is 24.4 Å². The maximum absolute atomic E-state index is 5.72. The maximum Gasteiger partial charge on any atom is 0.193 e. The highest BCUT2D eigenvalue weighted by Crippen LogP contribution is 2.28. The van der Waals surface area contributed by atoms with E-state index in [-0.39, 0.29) is 0 Å². The first-order valence-electron chi connectivity index (χ1n) is 9.43. The van der Waals surface area contributed by atoms with Crippen molar-refractivity contribution < 1.29 is 14.2 Å². The molecule has 0 bridgehead atoms. The summed E-state index contributed by atoms with van der Waals surface area (Å²) in [5.74, 6) is 2.58. The third kappa shape index (κ3) is 8.06. The van der Waals surface area contributed by atoms with E-state index in [0.29, 0.717) is 13.2 Å². The number of guanidine groups is 1. The fraction of sp³-hybridized carbons (Fsp3) is 0.650. The highest BCUT2D eigenvalue weighted by molar-refractivity contribution is 5.79. The van der Waals surface area contributed by atoms with Gasteiger partial charge in [0.1, 0.15) is 5.75 Å². The zero-order valence-corrected chi connectivity index (χ0v) is 16.4. The smallest absolute Gasteiger partial charge is 0.193 e. The third-order valence-corrected chi connectivity index (χ3v) is 4.37. The van der Waals surface area contributed by atoms with E-state index in [2.05, 4.69) is 15.2 Å². The minimum absolute atomic E-state index is 0.622. The Hall–Kier alpha value is -1.79. The lowest BCUT2D eigenvalue weighted by Crippen LogP contribution is -2.41. The molecule has 1 saturated carbocycles. The van der Waals surface area contributed by atoms with Crippen molar-refractivity contribution >= 4 is 5.96 Å². The van der Waals surface area contributed by atoms with E-state index in [1.54, 1.807) is 7.11 Å². The van der Waals surface area contributed by atoms with Gasteiger partial charge in [0, 0.05) is 40.4 Å². The number of likely N-dealkylation sites (N-methyl/N-ethyl adjacent to an activating group) is 1. The molecule has 0 radical (unpaired) electrons. The Morgan fingerprint density at radius 1 is 1.19 bits per heavy atom. The van der Waals surface area contributed by atoms with Gasteiger partial charge in [-0.15, -0.1) is 0 Å². The van der Waals surface area contributed by atoms with Gasteiger partial charge in [0.05, 0.1) is 20.3 Å². The molecule has 0 saturated heterocycles. The molecule has 1 aromatic rings. The SMILES string of the molecule is CN=C(NCCCOCc1ccc(OC)cc1)N(C)CCOCC1CC1. The van der Waals surface area contributed by atoms with E-state index in [1.165, 1.54) is 12.8 Å². The summed E-state index contributed by atoms with van der Waals surface area (Å²) in [6.07, 6.45) is 3.60. The minimum atomic E-state index is 0.622. The van der Waals surface area contributed by atoms with Gasteiger partial charge >= 0.3 is 0 Å². The van der Waals surface area contributed by atoms with Crippen LogP contribution in [0.3, 0.4) is 0 Å². The average molecular weight is 364 g/mol. The van der Waals surface area contributed by atoms with Crippen molar-refractivity contribution in [1.82, 2.24) is 10.2 Å². The molecular formula is C20H33N3O3. The number of nitrogens with zero attached hydrogens (tertiary/aromatic N) is 2. The monoisotopic (exact) mass is 363 g/mol. The molecule has 1 N–H and O–H groups in total. The van der Waals surface area contributed by atoms with Crippen LogP contribution in [0.25, 0.3) is 0 Å². The summed E-state index contributed by atoms with van der Waals surface area (Å²) in [6.45, 7) is 4.67. The highest BCUT2D eigenvalue weighted by atomic mass is 16.5. The lowest BCUT2D eigenvalue weighted by Gasteiger charge is -2.22. The Kier molecular flexibility index (Phi) is 9.28. The van der Waals surface area contributed by atoms with Gasteiger partial charge in [0.15, 0.2) is 5.96 Å². The summed E-state index contributed by atoms with van der Waals surface area (Å²) < 4.78 is 16.6. The van der Waals surface area contributed by atoms with Crippen LogP contribution in [0.4, 0.5) is 0 Å². The molecule has 6 heteroatoms. The van der Waals surface area contributed by atoms with Crippen LogP contribution in [0, 0.1) is 5.92 Å². The summed E-state index contributed by atoms with van der Waals surface area (Å²) in [5.41, 5.74) is 1.15. The van der Waals surface area contributed by atoms with Crippen LogP contribution in [-0.4, -0.2) is 65.0 Å². The Labute approximate surface area is 157 Å². The molecule has 0 aliphatic heterocycles. The van der Waals surface area contributed by atoms with Crippen LogP contribution in [-0.2, 0) is 16.1 Å². The lowest BCUT2D eigenvalue weighted by molar-refractivity contribution is 0.114. The van der Waals surface area contributed by atoms with Crippen LogP contribution >= 0.6 is 0 Å². The number of aliphatic imine (C=N–C) groups is 1. The molecule has 26 heavy (non-hydrogen) atoms. The van der Waals surface area contributed by atoms with Gasteiger partial charge in [0.2, 0.25) is 0 Å². The first-order chi connectivity index (χ1) is 12.7. The van der Waals surface area contributed by atoms with Crippen molar-refractivity contribution in [2.45, 2.75) is 25.9 Å². The van der Waals surface area contributed by atoms with Crippen molar-refractivity contribution in [3.05, 3.63) is 29.8 Å². The molecule has 0 amide bonds. The first kappa shape index (κ1) is 20.5. The highest BCUT2D eigenvalue weighted by Gasteiger charge is 2.21. The number of benzene rings is 1. The summed E-state index contributed by atoms with van der Waals surface area (Å²) in [6, 6.07) is 7.96. The van der Waals surface area contributed by atoms with E-state index in [9.17, 15) is 0 Å². The second-order valence-corrected chi connectivity index (χ2v) is 6.67. The van der Waals surface area contributed by atoms with Crippen LogP contribution in [0.15, 0.2) is 29.3 Å². The second kappa shape index (κ2) is 11.8. The fourth-order valence-electron chi connectivity index (χ4n) is 2.51. The van der Waals surface area contributed by atoms with Crippen LogP contribution in [0.2, 0.25) is 0 Å².